The van der Waals surface area contributed by atoms with E-state index in [2.05, 4.69) is 35.3 Å². The maximum Gasteiger partial charge on any atom is 0.290 e. The fourth-order valence-electron chi connectivity index (χ4n) is 4.21. The van der Waals surface area contributed by atoms with Crippen molar-refractivity contribution in [2.75, 3.05) is 18.1 Å². The number of hydrogen-bond acceptors (Lipinski definition) is 6. The molecule has 32 heavy (non-hydrogen) atoms. The molecule has 2 fully saturated rings. The number of fused-ring (bicyclic) bond motifs is 1. The molecule has 0 saturated carbocycles. The number of amides is 2. The van der Waals surface area contributed by atoms with E-state index in [9.17, 15) is 9.59 Å². The third kappa shape index (κ3) is 4.21. The summed E-state index contributed by atoms with van der Waals surface area (Å²) >= 11 is 0.918. The molecule has 2 amide bonds. The normalized spacial score (nSPS) is 19.7. The van der Waals surface area contributed by atoms with E-state index in [1.54, 1.807) is 6.08 Å². The van der Waals surface area contributed by atoms with E-state index in [1.165, 1.54) is 10.9 Å². The van der Waals surface area contributed by atoms with Gasteiger partial charge in [0.1, 0.15) is 18.2 Å². The Morgan fingerprint density at radius 2 is 2.00 bits per heavy atom. The lowest BCUT2D eigenvalue weighted by atomic mass is 10.1. The second-order valence-electron chi connectivity index (χ2n) is 8.04. The monoisotopic (exact) mass is 445 g/mol. The van der Waals surface area contributed by atoms with Gasteiger partial charge in [0.15, 0.2) is 0 Å². The van der Waals surface area contributed by atoms with E-state index >= 15 is 0 Å². The Labute approximate surface area is 190 Å². The first kappa shape index (κ1) is 20.6. The van der Waals surface area contributed by atoms with Crippen molar-refractivity contribution in [3.8, 4) is 5.75 Å². The highest BCUT2D eigenvalue weighted by Crippen LogP contribution is 2.29. The Balaban J connectivity index is 1.26. The van der Waals surface area contributed by atoms with E-state index in [0.717, 1.165) is 53.8 Å². The molecule has 162 valence electrons. The first-order valence-corrected chi connectivity index (χ1v) is 11.5. The van der Waals surface area contributed by atoms with Crippen molar-refractivity contribution >= 4 is 45.7 Å². The molecule has 0 unspecified atom stereocenters. The van der Waals surface area contributed by atoms with Gasteiger partial charge in [-0.2, -0.15) is 0 Å². The fourth-order valence-corrected chi connectivity index (χ4v) is 4.90. The summed E-state index contributed by atoms with van der Waals surface area (Å²) in [5.74, 6) is 1.44. The standard InChI is InChI=1S/C25H23N3O3S/c1-16-13-23(26-21-7-3-2-6-20(16)21)28-12-4-5-18(28)15-31-19-10-8-17(9-11-19)14-22-24(29)27-25(30)32-22/h2-3,6-11,13-14,18H,4-5,12,15H2,1H3,(H,27,29,30)/t18-/m0/s1. The highest BCUT2D eigenvalue weighted by atomic mass is 32.2. The summed E-state index contributed by atoms with van der Waals surface area (Å²) in [6.45, 7) is 3.69. The van der Waals surface area contributed by atoms with Crippen molar-refractivity contribution in [3.05, 3.63) is 70.6 Å². The number of aromatic nitrogens is 1. The van der Waals surface area contributed by atoms with Crippen LogP contribution in [0.1, 0.15) is 24.0 Å². The second kappa shape index (κ2) is 8.67. The predicted molar refractivity (Wildman–Crippen MR) is 128 cm³/mol. The van der Waals surface area contributed by atoms with Crippen LogP contribution in [0.25, 0.3) is 17.0 Å². The predicted octanol–water partition coefficient (Wildman–Crippen LogP) is 4.91. The van der Waals surface area contributed by atoms with Crippen molar-refractivity contribution in [2.45, 2.75) is 25.8 Å². The lowest BCUT2D eigenvalue weighted by molar-refractivity contribution is -0.115. The molecular formula is C25H23N3O3S. The summed E-state index contributed by atoms with van der Waals surface area (Å²) in [5, 5.41) is 3.12. The summed E-state index contributed by atoms with van der Waals surface area (Å²) in [5.41, 5.74) is 3.11. The number of rotatable bonds is 5. The van der Waals surface area contributed by atoms with Crippen LogP contribution in [0, 0.1) is 6.92 Å². The van der Waals surface area contributed by atoms with Gasteiger partial charge in [-0.3, -0.25) is 14.9 Å². The Hall–Kier alpha value is -3.32. The van der Waals surface area contributed by atoms with Crippen molar-refractivity contribution in [1.82, 2.24) is 10.3 Å². The van der Waals surface area contributed by atoms with Gasteiger partial charge in [-0.05, 0) is 73.0 Å². The van der Waals surface area contributed by atoms with Crippen LogP contribution in [0.4, 0.5) is 10.6 Å². The van der Waals surface area contributed by atoms with Crippen molar-refractivity contribution in [3.63, 3.8) is 0 Å². The zero-order valence-electron chi connectivity index (χ0n) is 17.7. The molecule has 3 heterocycles. The minimum Gasteiger partial charge on any atom is -0.491 e. The molecule has 6 nitrogen and oxygen atoms in total. The van der Waals surface area contributed by atoms with Gasteiger partial charge >= 0.3 is 0 Å². The Morgan fingerprint density at radius 3 is 2.78 bits per heavy atom. The number of anilines is 1. The van der Waals surface area contributed by atoms with E-state index in [0.29, 0.717) is 11.5 Å². The number of carbonyl (C=O) groups is 2. The number of nitrogens with zero attached hydrogens (tertiary/aromatic N) is 2. The van der Waals surface area contributed by atoms with Gasteiger partial charge in [-0.1, -0.05) is 30.3 Å². The fraction of sp³-hybridized carbons (Fsp3) is 0.240. The van der Waals surface area contributed by atoms with Crippen LogP contribution < -0.4 is 15.0 Å². The van der Waals surface area contributed by atoms with Gasteiger partial charge in [0.2, 0.25) is 0 Å². The number of ether oxygens (including phenoxy) is 1. The molecule has 1 aromatic heterocycles. The molecule has 1 N–H and O–H groups in total. The molecule has 1 atom stereocenters. The molecule has 0 aliphatic carbocycles. The van der Waals surface area contributed by atoms with Crippen LogP contribution in [0.2, 0.25) is 0 Å². The number of hydrogen-bond donors (Lipinski definition) is 1. The molecule has 0 bridgehead atoms. The lowest BCUT2D eigenvalue weighted by Gasteiger charge is -2.26. The number of thioether (sulfide) groups is 1. The SMILES string of the molecule is Cc1cc(N2CCC[C@H]2COc2ccc(C=C3SC(=O)NC3=O)cc2)nc2ccccc12. The summed E-state index contributed by atoms with van der Waals surface area (Å²) in [6, 6.07) is 18.3. The molecule has 2 aliphatic rings. The summed E-state index contributed by atoms with van der Waals surface area (Å²) in [7, 11) is 0. The van der Waals surface area contributed by atoms with E-state index < -0.39 is 0 Å². The van der Waals surface area contributed by atoms with E-state index in [-0.39, 0.29) is 17.2 Å². The zero-order valence-corrected chi connectivity index (χ0v) is 18.5. The Kier molecular flexibility index (Phi) is 5.57. The zero-order chi connectivity index (χ0) is 22.1. The third-order valence-corrected chi connectivity index (χ3v) is 6.65. The maximum absolute atomic E-state index is 11.7. The smallest absolute Gasteiger partial charge is 0.290 e. The molecule has 5 rings (SSSR count). The van der Waals surface area contributed by atoms with Gasteiger partial charge in [0, 0.05) is 11.9 Å². The Bertz CT molecular complexity index is 1220. The van der Waals surface area contributed by atoms with Gasteiger partial charge in [0.05, 0.1) is 16.5 Å². The maximum atomic E-state index is 11.7. The minimum absolute atomic E-state index is 0.273. The highest BCUT2D eigenvalue weighted by Gasteiger charge is 2.27. The highest BCUT2D eigenvalue weighted by molar-refractivity contribution is 8.18. The van der Waals surface area contributed by atoms with Crippen molar-refractivity contribution < 1.29 is 14.3 Å². The van der Waals surface area contributed by atoms with Crippen LogP contribution >= 0.6 is 11.8 Å². The second-order valence-corrected chi connectivity index (χ2v) is 9.05. The number of pyridine rings is 1. The number of para-hydroxylation sites is 1. The number of imide groups is 1. The van der Waals surface area contributed by atoms with Crippen LogP contribution in [0.15, 0.2) is 59.5 Å². The lowest BCUT2D eigenvalue weighted by Crippen LogP contribution is -2.34. The van der Waals surface area contributed by atoms with Crippen LogP contribution in [-0.2, 0) is 4.79 Å². The third-order valence-electron chi connectivity index (χ3n) is 5.84. The summed E-state index contributed by atoms with van der Waals surface area (Å²) < 4.78 is 6.09. The van der Waals surface area contributed by atoms with Crippen molar-refractivity contribution in [1.29, 1.82) is 0 Å². The van der Waals surface area contributed by atoms with E-state index in [4.69, 9.17) is 9.72 Å². The first-order chi connectivity index (χ1) is 15.6. The van der Waals surface area contributed by atoms with Crippen LogP contribution in [0.3, 0.4) is 0 Å². The molecule has 7 heteroatoms. The summed E-state index contributed by atoms with van der Waals surface area (Å²) in [4.78, 5) is 30.6. The molecule has 0 spiro atoms. The average molecular weight is 446 g/mol. The average Bonchev–Trinajstić information content (AvgIpc) is 3.39. The molecular weight excluding hydrogens is 422 g/mol. The number of aryl methyl sites for hydroxylation is 1. The van der Waals surface area contributed by atoms with Crippen LogP contribution in [0.5, 0.6) is 5.75 Å². The first-order valence-electron chi connectivity index (χ1n) is 10.7. The van der Waals surface area contributed by atoms with Gasteiger partial charge in [-0.25, -0.2) is 4.98 Å². The topological polar surface area (TPSA) is 71.5 Å². The summed E-state index contributed by atoms with van der Waals surface area (Å²) in [6.07, 6.45) is 3.89. The van der Waals surface area contributed by atoms with Gasteiger partial charge < -0.3 is 9.64 Å². The number of benzene rings is 2. The van der Waals surface area contributed by atoms with Crippen molar-refractivity contribution in [2.24, 2.45) is 0 Å². The largest absolute Gasteiger partial charge is 0.491 e. The number of nitrogens with one attached hydrogen (secondary N) is 1. The van der Waals surface area contributed by atoms with Gasteiger partial charge in [-0.15, -0.1) is 0 Å². The van der Waals surface area contributed by atoms with E-state index in [1.807, 2.05) is 36.4 Å². The quantitative estimate of drug-likeness (QED) is 0.563. The van der Waals surface area contributed by atoms with Gasteiger partial charge in [0.25, 0.3) is 11.1 Å². The molecule has 2 aliphatic heterocycles. The molecule has 2 aromatic carbocycles. The minimum atomic E-state index is -0.348. The Morgan fingerprint density at radius 1 is 1.19 bits per heavy atom. The van der Waals surface area contributed by atoms with Crippen LogP contribution in [-0.4, -0.2) is 35.3 Å². The number of carbonyl (C=O) groups excluding carboxylic acids is 2. The molecule has 3 aromatic rings. The molecule has 0 radical (unpaired) electrons. The molecule has 2 saturated heterocycles.